The Balaban J connectivity index is 2.51. The molecule has 94 valence electrons. The summed E-state index contributed by atoms with van der Waals surface area (Å²) in [6.45, 7) is 0.573. The van der Waals surface area contributed by atoms with E-state index in [1.807, 2.05) is 0 Å². The van der Waals surface area contributed by atoms with E-state index in [1.165, 1.54) is 6.07 Å². The lowest BCUT2D eigenvalue weighted by atomic mass is 10.0. The molecule has 1 nitrogen and oxygen atoms in total. The van der Waals surface area contributed by atoms with Gasteiger partial charge in [-0.25, -0.2) is 8.78 Å². The summed E-state index contributed by atoms with van der Waals surface area (Å²) in [5.74, 6) is -1.69. The van der Waals surface area contributed by atoms with Gasteiger partial charge < -0.3 is 5.32 Å². The molecule has 0 heterocycles. The second kappa shape index (κ2) is 5.46. The summed E-state index contributed by atoms with van der Waals surface area (Å²) in [5.41, 5.74) is 1.70. The summed E-state index contributed by atoms with van der Waals surface area (Å²) in [6.07, 6.45) is 0. The van der Waals surface area contributed by atoms with Gasteiger partial charge in [0.15, 0.2) is 11.6 Å². The van der Waals surface area contributed by atoms with Crippen LogP contribution in [0, 0.1) is 11.6 Å². The normalized spacial score (nSPS) is 10.7. The summed E-state index contributed by atoms with van der Waals surface area (Å²) >= 11 is 6.03. The van der Waals surface area contributed by atoms with Crippen LogP contribution in [0.2, 0.25) is 5.02 Å². The first-order valence-corrected chi connectivity index (χ1v) is 5.88. The van der Waals surface area contributed by atoms with Crippen molar-refractivity contribution in [3.05, 3.63) is 58.6 Å². The van der Waals surface area contributed by atoms with Crippen LogP contribution < -0.4 is 5.32 Å². The zero-order valence-electron chi connectivity index (χ0n) is 9.81. The molecular formula is C14H12ClF2N. The zero-order chi connectivity index (χ0) is 13.1. The van der Waals surface area contributed by atoms with Crippen LogP contribution in [0.15, 0.2) is 36.4 Å². The Morgan fingerprint density at radius 1 is 1.17 bits per heavy atom. The maximum Gasteiger partial charge on any atom is 0.166 e. The lowest BCUT2D eigenvalue weighted by Gasteiger charge is -2.08. The molecule has 2 aromatic carbocycles. The molecule has 0 aliphatic rings. The highest BCUT2D eigenvalue weighted by Crippen LogP contribution is 2.28. The smallest absolute Gasteiger partial charge is 0.166 e. The summed E-state index contributed by atoms with van der Waals surface area (Å²) in [7, 11) is 1.80. The van der Waals surface area contributed by atoms with Gasteiger partial charge in [0.25, 0.3) is 0 Å². The molecule has 0 fully saturated rings. The Bertz CT molecular complexity index is 570. The maximum atomic E-state index is 13.7. The van der Waals surface area contributed by atoms with Gasteiger partial charge in [-0.05, 0) is 36.4 Å². The Morgan fingerprint density at radius 2 is 1.94 bits per heavy atom. The van der Waals surface area contributed by atoms with Crippen LogP contribution in [0.5, 0.6) is 0 Å². The number of halogens is 3. The topological polar surface area (TPSA) is 12.0 Å². The maximum absolute atomic E-state index is 13.7. The first kappa shape index (κ1) is 13.0. The van der Waals surface area contributed by atoms with Gasteiger partial charge in [0.1, 0.15) is 0 Å². The molecule has 0 unspecified atom stereocenters. The molecule has 0 aliphatic carbocycles. The molecule has 0 atom stereocenters. The van der Waals surface area contributed by atoms with Gasteiger partial charge in [0.05, 0.1) is 0 Å². The third-order valence-corrected chi connectivity index (χ3v) is 3.04. The molecule has 0 saturated carbocycles. The molecule has 0 spiro atoms. The minimum Gasteiger partial charge on any atom is -0.316 e. The molecule has 0 bridgehead atoms. The Labute approximate surface area is 109 Å². The van der Waals surface area contributed by atoms with Gasteiger partial charge in [-0.1, -0.05) is 29.8 Å². The summed E-state index contributed by atoms with van der Waals surface area (Å²) in [6, 6.07) is 9.26. The lowest BCUT2D eigenvalue weighted by Crippen LogP contribution is -2.05. The molecule has 18 heavy (non-hydrogen) atoms. The Kier molecular flexibility index (Phi) is 3.94. The van der Waals surface area contributed by atoms with E-state index in [9.17, 15) is 8.78 Å². The molecular weight excluding hydrogens is 256 g/mol. The highest BCUT2D eigenvalue weighted by atomic mass is 35.5. The SMILES string of the molecule is CNCc1cc(-c2cccc(F)c2F)ccc1Cl. The molecule has 0 amide bonds. The van der Waals surface area contributed by atoms with E-state index in [1.54, 1.807) is 31.3 Å². The standard InChI is InChI=1S/C14H12ClF2N/c1-18-8-10-7-9(5-6-12(10)15)11-3-2-4-13(16)14(11)17/h2-7,18H,8H2,1H3. The predicted octanol–water partition coefficient (Wildman–Crippen LogP) is 4.00. The molecule has 2 aromatic rings. The number of hydrogen-bond donors (Lipinski definition) is 1. The van der Waals surface area contributed by atoms with Gasteiger partial charge >= 0.3 is 0 Å². The van der Waals surface area contributed by atoms with E-state index in [0.29, 0.717) is 17.1 Å². The number of nitrogens with one attached hydrogen (secondary N) is 1. The average Bonchev–Trinajstić information content (AvgIpc) is 2.36. The molecule has 0 aliphatic heterocycles. The number of rotatable bonds is 3. The first-order chi connectivity index (χ1) is 8.63. The molecule has 0 aromatic heterocycles. The fourth-order valence-electron chi connectivity index (χ4n) is 1.79. The average molecular weight is 268 g/mol. The monoisotopic (exact) mass is 267 g/mol. The lowest BCUT2D eigenvalue weighted by molar-refractivity contribution is 0.511. The second-order valence-electron chi connectivity index (χ2n) is 3.94. The summed E-state index contributed by atoms with van der Waals surface area (Å²) in [4.78, 5) is 0. The highest BCUT2D eigenvalue weighted by molar-refractivity contribution is 6.31. The van der Waals surface area contributed by atoms with Gasteiger partial charge in [-0.15, -0.1) is 0 Å². The van der Waals surface area contributed by atoms with Crippen LogP contribution in [-0.2, 0) is 6.54 Å². The molecule has 0 radical (unpaired) electrons. The Hall–Kier alpha value is -1.45. The van der Waals surface area contributed by atoms with Crippen LogP contribution in [0.1, 0.15) is 5.56 Å². The second-order valence-corrected chi connectivity index (χ2v) is 4.35. The minimum atomic E-state index is -0.849. The quantitative estimate of drug-likeness (QED) is 0.886. The number of hydrogen-bond acceptors (Lipinski definition) is 1. The van der Waals surface area contributed by atoms with Crippen LogP contribution >= 0.6 is 11.6 Å². The van der Waals surface area contributed by atoms with Crippen molar-refractivity contribution in [2.45, 2.75) is 6.54 Å². The first-order valence-electron chi connectivity index (χ1n) is 5.51. The van der Waals surface area contributed by atoms with E-state index in [4.69, 9.17) is 11.6 Å². The number of benzene rings is 2. The van der Waals surface area contributed by atoms with Gasteiger partial charge in [-0.2, -0.15) is 0 Å². The van der Waals surface area contributed by atoms with Gasteiger partial charge in [0.2, 0.25) is 0 Å². The largest absolute Gasteiger partial charge is 0.316 e. The van der Waals surface area contributed by atoms with Crippen molar-refractivity contribution in [3.63, 3.8) is 0 Å². The van der Waals surface area contributed by atoms with Crippen LogP contribution in [0.25, 0.3) is 11.1 Å². The molecule has 0 saturated heterocycles. The third kappa shape index (κ3) is 2.52. The summed E-state index contributed by atoms with van der Waals surface area (Å²) < 4.78 is 26.9. The van der Waals surface area contributed by atoms with Crippen LogP contribution in [0.4, 0.5) is 8.78 Å². The van der Waals surface area contributed by atoms with E-state index in [-0.39, 0.29) is 5.56 Å². The van der Waals surface area contributed by atoms with Crippen molar-refractivity contribution >= 4 is 11.6 Å². The molecule has 4 heteroatoms. The van der Waals surface area contributed by atoms with Crippen molar-refractivity contribution in [1.82, 2.24) is 5.32 Å². The highest BCUT2D eigenvalue weighted by Gasteiger charge is 2.11. The van der Waals surface area contributed by atoms with Crippen molar-refractivity contribution < 1.29 is 8.78 Å². The van der Waals surface area contributed by atoms with E-state index in [2.05, 4.69) is 5.32 Å². The van der Waals surface area contributed by atoms with E-state index >= 15 is 0 Å². The fraction of sp³-hybridized carbons (Fsp3) is 0.143. The van der Waals surface area contributed by atoms with Crippen molar-refractivity contribution in [2.24, 2.45) is 0 Å². The van der Waals surface area contributed by atoms with Crippen molar-refractivity contribution in [3.8, 4) is 11.1 Å². The van der Waals surface area contributed by atoms with E-state index in [0.717, 1.165) is 11.6 Å². The predicted molar refractivity (Wildman–Crippen MR) is 69.6 cm³/mol. The molecule has 2 rings (SSSR count). The fourth-order valence-corrected chi connectivity index (χ4v) is 1.98. The van der Waals surface area contributed by atoms with Crippen molar-refractivity contribution in [1.29, 1.82) is 0 Å². The zero-order valence-corrected chi connectivity index (χ0v) is 10.6. The van der Waals surface area contributed by atoms with Gasteiger partial charge in [0, 0.05) is 17.1 Å². The Morgan fingerprint density at radius 3 is 2.67 bits per heavy atom. The van der Waals surface area contributed by atoms with Crippen LogP contribution in [-0.4, -0.2) is 7.05 Å². The summed E-state index contributed by atoms with van der Waals surface area (Å²) in [5, 5.41) is 3.58. The third-order valence-electron chi connectivity index (χ3n) is 2.68. The minimum absolute atomic E-state index is 0.240. The molecule has 1 N–H and O–H groups in total. The van der Waals surface area contributed by atoms with Gasteiger partial charge in [-0.3, -0.25) is 0 Å². The van der Waals surface area contributed by atoms with Crippen molar-refractivity contribution in [2.75, 3.05) is 7.05 Å². The van der Waals surface area contributed by atoms with Crippen LogP contribution in [0.3, 0.4) is 0 Å². The van der Waals surface area contributed by atoms with E-state index < -0.39 is 11.6 Å².